The first-order valence-corrected chi connectivity index (χ1v) is 14.5. The lowest BCUT2D eigenvalue weighted by atomic mass is 10.1. The van der Waals surface area contributed by atoms with E-state index in [0.717, 1.165) is 16.7 Å². The molecule has 3 aromatic rings. The summed E-state index contributed by atoms with van der Waals surface area (Å²) in [5, 5.41) is 3.33. The van der Waals surface area contributed by atoms with Gasteiger partial charge in [0.05, 0.1) is 22.4 Å². The molecule has 1 fully saturated rings. The van der Waals surface area contributed by atoms with Gasteiger partial charge in [-0.3, -0.25) is 0 Å². The monoisotopic (exact) mass is 498 g/mol. The van der Waals surface area contributed by atoms with Crippen LogP contribution in [-0.4, -0.2) is 44.7 Å². The minimum Gasteiger partial charge on any atom is -0.307 e. The summed E-state index contributed by atoms with van der Waals surface area (Å²) in [5.74, 6) is -0.311. The number of aryl methyl sites for hydroxylation is 2. The molecule has 0 unspecified atom stereocenters. The van der Waals surface area contributed by atoms with E-state index in [0.29, 0.717) is 12.1 Å². The number of rotatable bonds is 8. The first-order chi connectivity index (χ1) is 16.2. The molecule has 0 radical (unpaired) electrons. The zero-order valence-corrected chi connectivity index (χ0v) is 21.0. The molecule has 1 aliphatic heterocycles. The minimum absolute atomic E-state index is 0.0974. The van der Waals surface area contributed by atoms with Gasteiger partial charge in [0.15, 0.2) is 9.84 Å². The smallest absolute Gasteiger partial charge is 0.243 e. The molecule has 0 saturated carbocycles. The largest absolute Gasteiger partial charge is 0.307 e. The maximum atomic E-state index is 14.0. The standard InChI is InChI=1S/C26H30N2O4S2/c1-20-13-14-26(21(2)15-20)34(31,32)28(17-23-11-7-4-8-12-23)25-19-33(29,30)18-24(25)27-16-22-9-5-3-6-10-22/h3-15,24-25,27H,16-19H2,1-2H3/t24-,25-/m1/s1. The molecule has 1 N–H and O–H groups in total. The van der Waals surface area contributed by atoms with E-state index in [1.165, 1.54) is 4.31 Å². The summed E-state index contributed by atoms with van der Waals surface area (Å²) in [6, 6.07) is 23.0. The van der Waals surface area contributed by atoms with Crippen molar-refractivity contribution in [3.8, 4) is 0 Å². The summed E-state index contributed by atoms with van der Waals surface area (Å²) in [6.07, 6.45) is 0. The van der Waals surface area contributed by atoms with Gasteiger partial charge in [-0.25, -0.2) is 16.8 Å². The van der Waals surface area contributed by atoms with Gasteiger partial charge < -0.3 is 5.32 Å². The number of benzene rings is 3. The average molecular weight is 499 g/mol. The van der Waals surface area contributed by atoms with Crippen molar-refractivity contribution in [1.29, 1.82) is 0 Å². The van der Waals surface area contributed by atoms with Crippen molar-refractivity contribution in [2.75, 3.05) is 11.5 Å². The van der Waals surface area contributed by atoms with Gasteiger partial charge in [0.25, 0.3) is 0 Å². The Kier molecular flexibility index (Phi) is 7.23. The van der Waals surface area contributed by atoms with Gasteiger partial charge in [-0.2, -0.15) is 4.31 Å². The fraction of sp³-hybridized carbons (Fsp3) is 0.308. The van der Waals surface area contributed by atoms with Crippen molar-refractivity contribution < 1.29 is 16.8 Å². The number of nitrogens with zero attached hydrogens (tertiary/aromatic N) is 1. The molecule has 1 saturated heterocycles. The van der Waals surface area contributed by atoms with Crippen LogP contribution in [-0.2, 0) is 33.0 Å². The molecule has 1 aliphatic rings. The van der Waals surface area contributed by atoms with Crippen LogP contribution in [0.5, 0.6) is 0 Å². The first kappa shape index (κ1) is 24.6. The molecule has 0 amide bonds. The fourth-order valence-electron chi connectivity index (χ4n) is 4.51. The lowest BCUT2D eigenvalue weighted by Crippen LogP contribution is -2.51. The molecule has 0 spiro atoms. The second-order valence-electron chi connectivity index (χ2n) is 8.92. The average Bonchev–Trinajstić information content (AvgIpc) is 3.11. The first-order valence-electron chi connectivity index (χ1n) is 11.3. The van der Waals surface area contributed by atoms with Crippen molar-refractivity contribution in [2.24, 2.45) is 0 Å². The molecular formula is C26H30N2O4S2. The zero-order chi connectivity index (χ0) is 24.3. The van der Waals surface area contributed by atoms with E-state index in [2.05, 4.69) is 5.32 Å². The Morgan fingerprint density at radius 2 is 1.50 bits per heavy atom. The van der Waals surface area contributed by atoms with Crippen LogP contribution in [0.1, 0.15) is 22.3 Å². The molecule has 6 nitrogen and oxygen atoms in total. The lowest BCUT2D eigenvalue weighted by Gasteiger charge is -2.32. The van der Waals surface area contributed by atoms with Crippen LogP contribution in [0.4, 0.5) is 0 Å². The maximum absolute atomic E-state index is 14.0. The predicted molar refractivity (Wildman–Crippen MR) is 135 cm³/mol. The van der Waals surface area contributed by atoms with Gasteiger partial charge >= 0.3 is 0 Å². The Morgan fingerprint density at radius 1 is 0.882 bits per heavy atom. The molecule has 2 atom stereocenters. The SMILES string of the molecule is Cc1ccc(S(=O)(=O)N(Cc2ccccc2)[C@@H]2CS(=O)(=O)C[C@H]2NCc2ccccc2)c(C)c1. The highest BCUT2D eigenvalue weighted by molar-refractivity contribution is 7.92. The van der Waals surface area contributed by atoms with Crippen LogP contribution < -0.4 is 5.32 Å². The Morgan fingerprint density at radius 3 is 2.12 bits per heavy atom. The van der Waals surface area contributed by atoms with E-state index < -0.39 is 31.9 Å². The van der Waals surface area contributed by atoms with Gasteiger partial charge in [-0.15, -0.1) is 0 Å². The van der Waals surface area contributed by atoms with E-state index in [1.54, 1.807) is 19.1 Å². The van der Waals surface area contributed by atoms with Gasteiger partial charge in [-0.05, 0) is 36.6 Å². The quantitative estimate of drug-likeness (QED) is 0.514. The summed E-state index contributed by atoms with van der Waals surface area (Å²) in [5.41, 5.74) is 3.43. The molecule has 34 heavy (non-hydrogen) atoms. The van der Waals surface area contributed by atoms with Gasteiger partial charge in [0.1, 0.15) is 0 Å². The second kappa shape index (κ2) is 10.00. The molecule has 0 aliphatic carbocycles. The second-order valence-corrected chi connectivity index (χ2v) is 12.9. The third-order valence-corrected chi connectivity index (χ3v) is 9.95. The molecule has 8 heteroatoms. The highest BCUT2D eigenvalue weighted by Gasteiger charge is 2.45. The fourth-order valence-corrected chi connectivity index (χ4v) is 8.42. The molecule has 0 bridgehead atoms. The van der Waals surface area contributed by atoms with E-state index in [1.807, 2.05) is 73.7 Å². The molecular weight excluding hydrogens is 468 g/mol. The topological polar surface area (TPSA) is 83.6 Å². The van der Waals surface area contributed by atoms with Gasteiger partial charge in [0, 0.05) is 19.1 Å². The van der Waals surface area contributed by atoms with Crippen LogP contribution in [0.2, 0.25) is 0 Å². The van der Waals surface area contributed by atoms with Gasteiger partial charge in [-0.1, -0.05) is 78.4 Å². The highest BCUT2D eigenvalue weighted by atomic mass is 32.2. The Labute approximate surface area is 202 Å². The number of hydrogen-bond acceptors (Lipinski definition) is 5. The number of sulfonamides is 1. The normalized spacial score (nSPS) is 20.0. The summed E-state index contributed by atoms with van der Waals surface area (Å²) < 4.78 is 54.8. The third-order valence-electron chi connectivity index (χ3n) is 6.20. The van der Waals surface area contributed by atoms with Crippen LogP contribution in [0, 0.1) is 13.8 Å². The molecule has 3 aromatic carbocycles. The molecule has 180 valence electrons. The van der Waals surface area contributed by atoms with E-state index in [4.69, 9.17) is 0 Å². The molecule has 0 aromatic heterocycles. The molecule has 4 rings (SSSR count). The molecule has 1 heterocycles. The van der Waals surface area contributed by atoms with Crippen LogP contribution in [0.15, 0.2) is 83.8 Å². The van der Waals surface area contributed by atoms with Crippen LogP contribution in [0.3, 0.4) is 0 Å². The number of hydrogen-bond donors (Lipinski definition) is 1. The van der Waals surface area contributed by atoms with Gasteiger partial charge in [0.2, 0.25) is 10.0 Å². The number of sulfone groups is 1. The Bertz CT molecular complexity index is 1340. The van der Waals surface area contributed by atoms with Crippen molar-refractivity contribution in [2.45, 2.75) is 43.9 Å². The van der Waals surface area contributed by atoms with Crippen LogP contribution in [0.25, 0.3) is 0 Å². The van der Waals surface area contributed by atoms with Crippen molar-refractivity contribution >= 4 is 19.9 Å². The van der Waals surface area contributed by atoms with Crippen molar-refractivity contribution in [1.82, 2.24) is 9.62 Å². The Hall–Kier alpha value is -2.52. The Balaban J connectivity index is 1.73. The van der Waals surface area contributed by atoms with Crippen molar-refractivity contribution in [3.63, 3.8) is 0 Å². The summed E-state index contributed by atoms with van der Waals surface area (Å²) in [6.45, 7) is 4.25. The summed E-state index contributed by atoms with van der Waals surface area (Å²) in [4.78, 5) is 0.208. The lowest BCUT2D eigenvalue weighted by molar-refractivity contribution is 0.286. The maximum Gasteiger partial charge on any atom is 0.243 e. The summed E-state index contributed by atoms with van der Waals surface area (Å²) >= 11 is 0. The van der Waals surface area contributed by atoms with E-state index in [9.17, 15) is 16.8 Å². The highest BCUT2D eigenvalue weighted by Crippen LogP contribution is 2.29. The predicted octanol–water partition coefficient (Wildman–Crippen LogP) is 3.45. The van der Waals surface area contributed by atoms with E-state index >= 15 is 0 Å². The number of nitrogens with one attached hydrogen (secondary N) is 1. The van der Waals surface area contributed by atoms with Crippen molar-refractivity contribution in [3.05, 3.63) is 101 Å². The van der Waals surface area contributed by atoms with Crippen LogP contribution >= 0.6 is 0 Å². The third kappa shape index (κ3) is 5.58. The zero-order valence-electron chi connectivity index (χ0n) is 19.4. The minimum atomic E-state index is -3.97. The van der Waals surface area contributed by atoms with E-state index in [-0.39, 0.29) is 22.9 Å². The summed E-state index contributed by atoms with van der Waals surface area (Å²) in [7, 11) is -7.38.